The third-order valence-corrected chi connectivity index (χ3v) is 4.31. The van der Waals surface area contributed by atoms with Gasteiger partial charge in [0.05, 0.1) is 6.54 Å². The van der Waals surface area contributed by atoms with Gasteiger partial charge in [-0.05, 0) is 41.5 Å². The van der Waals surface area contributed by atoms with Crippen molar-refractivity contribution in [2.45, 2.75) is 13.5 Å². The second-order valence-corrected chi connectivity index (χ2v) is 6.46. The first kappa shape index (κ1) is 18.0. The quantitative estimate of drug-likeness (QED) is 0.688. The van der Waals surface area contributed by atoms with E-state index in [0.29, 0.717) is 42.1 Å². The zero-order valence-corrected chi connectivity index (χ0v) is 15.4. The van der Waals surface area contributed by atoms with E-state index in [4.69, 9.17) is 13.9 Å². The van der Waals surface area contributed by atoms with Crippen molar-refractivity contribution in [2.24, 2.45) is 0 Å². The van der Waals surface area contributed by atoms with E-state index in [9.17, 15) is 9.18 Å². The Balaban J connectivity index is 1.60. The lowest BCUT2D eigenvalue weighted by Crippen LogP contribution is -2.26. The Bertz CT molecular complexity index is 1030. The molecule has 3 aromatic rings. The van der Waals surface area contributed by atoms with E-state index in [1.807, 2.05) is 6.07 Å². The molecule has 28 heavy (non-hydrogen) atoms. The van der Waals surface area contributed by atoms with E-state index in [0.717, 1.165) is 5.56 Å². The van der Waals surface area contributed by atoms with Gasteiger partial charge in [0.1, 0.15) is 19.0 Å². The first-order chi connectivity index (χ1) is 13.5. The Morgan fingerprint density at radius 2 is 1.86 bits per heavy atom. The Morgan fingerprint density at radius 3 is 2.61 bits per heavy atom. The summed E-state index contributed by atoms with van der Waals surface area (Å²) in [6.07, 6.45) is 0. The largest absolute Gasteiger partial charge is 0.486 e. The number of carbonyl (C=O) groups is 1. The minimum atomic E-state index is -0.502. The normalized spacial score (nSPS) is 12.7. The number of aryl methyl sites for hydroxylation is 1. The highest BCUT2D eigenvalue weighted by molar-refractivity contribution is 5.95. The van der Waals surface area contributed by atoms with Crippen molar-refractivity contribution in [1.82, 2.24) is 15.1 Å². The van der Waals surface area contributed by atoms with Gasteiger partial charge in [-0.1, -0.05) is 6.07 Å². The summed E-state index contributed by atoms with van der Waals surface area (Å²) in [6.45, 7) is 2.76. The van der Waals surface area contributed by atoms with Crippen LogP contribution in [0.4, 0.5) is 4.39 Å². The first-order valence-electron chi connectivity index (χ1n) is 8.74. The van der Waals surface area contributed by atoms with Crippen molar-refractivity contribution in [3.05, 3.63) is 59.6 Å². The van der Waals surface area contributed by atoms with E-state index < -0.39 is 5.82 Å². The predicted octanol–water partition coefficient (Wildman–Crippen LogP) is 3.23. The third kappa shape index (κ3) is 3.66. The molecule has 1 aromatic heterocycles. The van der Waals surface area contributed by atoms with Crippen molar-refractivity contribution in [2.75, 3.05) is 20.3 Å². The molecule has 1 aliphatic rings. The molecule has 1 amide bonds. The number of benzene rings is 2. The van der Waals surface area contributed by atoms with E-state index in [-0.39, 0.29) is 18.0 Å². The molecule has 7 nitrogen and oxygen atoms in total. The number of halogens is 1. The van der Waals surface area contributed by atoms with Crippen molar-refractivity contribution < 1.29 is 23.1 Å². The maximum Gasteiger partial charge on any atom is 0.254 e. The highest BCUT2D eigenvalue weighted by atomic mass is 19.1. The third-order valence-electron chi connectivity index (χ3n) is 4.31. The summed E-state index contributed by atoms with van der Waals surface area (Å²) in [7, 11) is 1.59. The van der Waals surface area contributed by atoms with Gasteiger partial charge >= 0.3 is 0 Å². The van der Waals surface area contributed by atoms with Crippen LogP contribution < -0.4 is 9.47 Å². The van der Waals surface area contributed by atoms with Crippen LogP contribution in [0.5, 0.6) is 11.5 Å². The molecular formula is C20H18FN3O4. The smallest absolute Gasteiger partial charge is 0.254 e. The lowest BCUT2D eigenvalue weighted by Gasteiger charge is -2.19. The molecule has 0 fully saturated rings. The van der Waals surface area contributed by atoms with Crippen molar-refractivity contribution in [3.63, 3.8) is 0 Å². The van der Waals surface area contributed by atoms with Crippen LogP contribution in [0.25, 0.3) is 11.1 Å². The van der Waals surface area contributed by atoms with E-state index in [2.05, 4.69) is 10.2 Å². The van der Waals surface area contributed by atoms with Crippen LogP contribution in [0.15, 0.2) is 40.8 Å². The monoisotopic (exact) mass is 383 g/mol. The second-order valence-electron chi connectivity index (χ2n) is 6.46. The molecule has 8 heteroatoms. The number of hydrogen-bond acceptors (Lipinski definition) is 6. The molecule has 4 rings (SSSR count). The van der Waals surface area contributed by atoms with Gasteiger partial charge in [0, 0.05) is 19.5 Å². The van der Waals surface area contributed by atoms with E-state index >= 15 is 0 Å². The number of rotatable bonds is 4. The summed E-state index contributed by atoms with van der Waals surface area (Å²) in [5, 5.41) is 7.61. The Labute approximate surface area is 160 Å². The molecule has 0 spiro atoms. The molecule has 2 aromatic carbocycles. The highest BCUT2D eigenvalue weighted by Crippen LogP contribution is 2.35. The maximum absolute atomic E-state index is 14.2. The average molecular weight is 383 g/mol. The van der Waals surface area contributed by atoms with Crippen LogP contribution in [-0.4, -0.2) is 41.3 Å². The van der Waals surface area contributed by atoms with Crippen molar-refractivity contribution in [1.29, 1.82) is 0 Å². The molecule has 1 aliphatic heterocycles. The number of aromatic nitrogens is 2. The van der Waals surface area contributed by atoms with E-state index in [1.165, 1.54) is 17.0 Å². The fraction of sp³-hybridized carbons (Fsp3) is 0.250. The topological polar surface area (TPSA) is 77.7 Å². The summed E-state index contributed by atoms with van der Waals surface area (Å²) in [5.74, 6) is 1.13. The Hall–Kier alpha value is -3.42. The van der Waals surface area contributed by atoms with Crippen LogP contribution in [0.2, 0.25) is 0 Å². The maximum atomic E-state index is 14.2. The van der Waals surface area contributed by atoms with Gasteiger partial charge < -0.3 is 18.8 Å². The second kappa shape index (κ2) is 7.30. The van der Waals surface area contributed by atoms with Crippen LogP contribution in [-0.2, 0) is 6.54 Å². The molecule has 0 atom stereocenters. The molecule has 0 radical (unpaired) electrons. The predicted molar refractivity (Wildman–Crippen MR) is 97.7 cm³/mol. The standard InChI is InChI=1S/C20H18FN3O4/c1-12-22-23-19(28-12)11-24(2)20(25)15-7-14(8-16(21)9-15)13-3-4-17-18(10-13)27-6-5-26-17/h3-4,7-10H,5-6,11H2,1-2H3. The van der Waals surface area contributed by atoms with Crippen LogP contribution in [0.3, 0.4) is 0 Å². The number of hydrogen-bond donors (Lipinski definition) is 0. The van der Waals surface area contributed by atoms with Crippen LogP contribution >= 0.6 is 0 Å². The van der Waals surface area contributed by atoms with Gasteiger partial charge in [0.2, 0.25) is 11.8 Å². The number of amides is 1. The van der Waals surface area contributed by atoms with Crippen molar-refractivity contribution in [3.8, 4) is 22.6 Å². The summed E-state index contributed by atoms with van der Waals surface area (Å²) >= 11 is 0. The summed E-state index contributed by atoms with van der Waals surface area (Å²) in [6, 6.07) is 9.60. The average Bonchev–Trinajstić information content (AvgIpc) is 3.11. The fourth-order valence-electron chi connectivity index (χ4n) is 3.00. The minimum absolute atomic E-state index is 0.134. The zero-order chi connectivity index (χ0) is 19.7. The molecule has 144 valence electrons. The van der Waals surface area contributed by atoms with Crippen molar-refractivity contribution >= 4 is 5.91 Å². The Kier molecular flexibility index (Phi) is 4.68. The summed E-state index contributed by atoms with van der Waals surface area (Å²) in [4.78, 5) is 14.1. The number of carbonyl (C=O) groups excluding carboxylic acids is 1. The van der Waals surface area contributed by atoms with Gasteiger partial charge in [0.25, 0.3) is 5.91 Å². The SMILES string of the molecule is Cc1nnc(CN(C)C(=O)c2cc(F)cc(-c3ccc4c(c3)OCCO4)c2)o1. The Morgan fingerprint density at radius 1 is 1.07 bits per heavy atom. The lowest BCUT2D eigenvalue weighted by molar-refractivity contribution is 0.0772. The summed E-state index contributed by atoms with van der Waals surface area (Å²) < 4.78 is 30.6. The number of nitrogens with zero attached hydrogens (tertiary/aromatic N) is 3. The molecule has 0 saturated heterocycles. The summed E-state index contributed by atoms with van der Waals surface area (Å²) in [5.41, 5.74) is 1.53. The van der Waals surface area contributed by atoms with Gasteiger partial charge in [-0.15, -0.1) is 10.2 Å². The van der Waals surface area contributed by atoms with Gasteiger partial charge in [-0.3, -0.25) is 4.79 Å². The minimum Gasteiger partial charge on any atom is -0.486 e. The molecule has 0 aliphatic carbocycles. The molecular weight excluding hydrogens is 365 g/mol. The molecule has 0 N–H and O–H groups in total. The van der Waals surface area contributed by atoms with Crippen LogP contribution in [0, 0.1) is 12.7 Å². The molecule has 0 saturated carbocycles. The molecule has 0 bridgehead atoms. The highest BCUT2D eigenvalue weighted by Gasteiger charge is 2.18. The van der Waals surface area contributed by atoms with Gasteiger partial charge in [-0.25, -0.2) is 4.39 Å². The molecule has 0 unspecified atom stereocenters. The molecule has 2 heterocycles. The first-order valence-corrected chi connectivity index (χ1v) is 8.74. The van der Waals surface area contributed by atoms with Gasteiger partial charge in [0.15, 0.2) is 11.5 Å². The fourth-order valence-corrected chi connectivity index (χ4v) is 3.00. The lowest BCUT2D eigenvalue weighted by atomic mass is 10.0. The number of fused-ring (bicyclic) bond motifs is 1. The van der Waals surface area contributed by atoms with E-state index in [1.54, 1.807) is 32.2 Å². The zero-order valence-electron chi connectivity index (χ0n) is 15.4. The van der Waals surface area contributed by atoms with Gasteiger partial charge in [-0.2, -0.15) is 0 Å². The van der Waals surface area contributed by atoms with Crippen LogP contribution in [0.1, 0.15) is 22.1 Å². The number of ether oxygens (including phenoxy) is 2.